The van der Waals surface area contributed by atoms with Gasteiger partial charge in [0, 0.05) is 13.0 Å². The predicted octanol–water partition coefficient (Wildman–Crippen LogP) is 2.23. The predicted molar refractivity (Wildman–Crippen MR) is 47.9 cm³/mol. The summed E-state index contributed by atoms with van der Waals surface area (Å²) in [5, 5.41) is 8.62. The molecular formula is C10H16O2. The zero-order chi connectivity index (χ0) is 8.81. The third-order valence-corrected chi connectivity index (χ3v) is 1.98. The first kappa shape index (κ1) is 9.33. The number of hydrogen-bond donors (Lipinski definition) is 1. The molecule has 1 aromatic rings. The van der Waals surface area contributed by atoms with Gasteiger partial charge in [0.05, 0.1) is 6.26 Å². The molecule has 0 aromatic carbocycles. The summed E-state index contributed by atoms with van der Waals surface area (Å²) >= 11 is 0. The molecule has 2 heteroatoms. The minimum Gasteiger partial charge on any atom is -0.469 e. The standard InChI is InChI=1S/C10H16O2/c1-9(4-2-6-11)8-10-5-3-7-12-10/h3,5,7,9,11H,2,4,6,8H2,1H3. The Labute approximate surface area is 73.2 Å². The van der Waals surface area contributed by atoms with Crippen molar-refractivity contribution in [1.82, 2.24) is 0 Å². The van der Waals surface area contributed by atoms with Gasteiger partial charge in [0.25, 0.3) is 0 Å². The lowest BCUT2D eigenvalue weighted by molar-refractivity contribution is 0.271. The van der Waals surface area contributed by atoms with Gasteiger partial charge in [0.15, 0.2) is 0 Å². The maximum atomic E-state index is 8.62. The highest BCUT2D eigenvalue weighted by Crippen LogP contribution is 2.13. The normalized spacial score (nSPS) is 13.2. The number of aliphatic hydroxyl groups is 1. The molecule has 1 unspecified atom stereocenters. The fourth-order valence-corrected chi connectivity index (χ4v) is 1.31. The Hall–Kier alpha value is -0.760. The molecule has 0 aliphatic heterocycles. The van der Waals surface area contributed by atoms with Crippen molar-refractivity contribution >= 4 is 0 Å². The average Bonchev–Trinajstić information content (AvgIpc) is 2.53. The van der Waals surface area contributed by atoms with Crippen molar-refractivity contribution in [2.24, 2.45) is 5.92 Å². The summed E-state index contributed by atoms with van der Waals surface area (Å²) in [7, 11) is 0. The number of rotatable bonds is 5. The molecule has 0 amide bonds. The second-order valence-corrected chi connectivity index (χ2v) is 3.25. The van der Waals surface area contributed by atoms with E-state index in [1.807, 2.05) is 12.1 Å². The van der Waals surface area contributed by atoms with Gasteiger partial charge >= 0.3 is 0 Å². The summed E-state index contributed by atoms with van der Waals surface area (Å²) in [5.41, 5.74) is 0. The molecule has 0 radical (unpaired) electrons. The van der Waals surface area contributed by atoms with Crippen LogP contribution in [0.25, 0.3) is 0 Å². The van der Waals surface area contributed by atoms with E-state index in [2.05, 4.69) is 6.92 Å². The third kappa shape index (κ3) is 3.09. The van der Waals surface area contributed by atoms with E-state index in [9.17, 15) is 0 Å². The van der Waals surface area contributed by atoms with Crippen LogP contribution in [0.2, 0.25) is 0 Å². The molecule has 0 spiro atoms. The first-order valence-corrected chi connectivity index (χ1v) is 4.46. The molecule has 0 aliphatic carbocycles. The van der Waals surface area contributed by atoms with Crippen LogP contribution in [0.5, 0.6) is 0 Å². The highest BCUT2D eigenvalue weighted by molar-refractivity contribution is 4.98. The summed E-state index contributed by atoms with van der Waals surface area (Å²) in [6.45, 7) is 2.47. The molecule has 0 saturated carbocycles. The molecule has 1 N–H and O–H groups in total. The Morgan fingerprint density at radius 3 is 3.00 bits per heavy atom. The van der Waals surface area contributed by atoms with Crippen molar-refractivity contribution in [3.63, 3.8) is 0 Å². The van der Waals surface area contributed by atoms with E-state index in [4.69, 9.17) is 9.52 Å². The molecule has 1 atom stereocenters. The van der Waals surface area contributed by atoms with E-state index in [1.165, 1.54) is 0 Å². The molecule has 12 heavy (non-hydrogen) atoms. The molecule has 1 aromatic heterocycles. The highest BCUT2D eigenvalue weighted by Gasteiger charge is 2.04. The van der Waals surface area contributed by atoms with E-state index in [1.54, 1.807) is 6.26 Å². The van der Waals surface area contributed by atoms with Crippen LogP contribution < -0.4 is 0 Å². The largest absolute Gasteiger partial charge is 0.469 e. The SMILES string of the molecule is CC(CCCO)Cc1ccco1. The van der Waals surface area contributed by atoms with Gasteiger partial charge in [-0.25, -0.2) is 0 Å². The minimum absolute atomic E-state index is 0.294. The zero-order valence-corrected chi connectivity index (χ0v) is 7.49. The lowest BCUT2D eigenvalue weighted by Gasteiger charge is -2.07. The number of aliphatic hydroxyl groups excluding tert-OH is 1. The van der Waals surface area contributed by atoms with Gasteiger partial charge in [-0.05, 0) is 30.9 Å². The van der Waals surface area contributed by atoms with Crippen LogP contribution in [-0.4, -0.2) is 11.7 Å². The van der Waals surface area contributed by atoms with Crippen molar-refractivity contribution in [1.29, 1.82) is 0 Å². The van der Waals surface area contributed by atoms with Crippen molar-refractivity contribution in [2.75, 3.05) is 6.61 Å². The van der Waals surface area contributed by atoms with E-state index in [-0.39, 0.29) is 0 Å². The second-order valence-electron chi connectivity index (χ2n) is 3.25. The zero-order valence-electron chi connectivity index (χ0n) is 7.49. The van der Waals surface area contributed by atoms with Gasteiger partial charge in [0.2, 0.25) is 0 Å². The van der Waals surface area contributed by atoms with Crippen LogP contribution in [0.3, 0.4) is 0 Å². The summed E-state index contributed by atoms with van der Waals surface area (Å²) < 4.78 is 5.22. The van der Waals surface area contributed by atoms with Crippen LogP contribution in [-0.2, 0) is 6.42 Å². The smallest absolute Gasteiger partial charge is 0.104 e. The van der Waals surface area contributed by atoms with Gasteiger partial charge in [-0.2, -0.15) is 0 Å². The maximum absolute atomic E-state index is 8.62. The van der Waals surface area contributed by atoms with Crippen LogP contribution in [0.4, 0.5) is 0 Å². The molecule has 1 rings (SSSR count). The van der Waals surface area contributed by atoms with Crippen molar-refractivity contribution in [3.05, 3.63) is 24.2 Å². The molecule has 0 saturated heterocycles. The van der Waals surface area contributed by atoms with Crippen molar-refractivity contribution in [2.45, 2.75) is 26.2 Å². The molecule has 0 bridgehead atoms. The van der Waals surface area contributed by atoms with E-state index in [0.717, 1.165) is 25.0 Å². The first-order chi connectivity index (χ1) is 5.83. The number of furan rings is 1. The molecule has 1 heterocycles. The Kier molecular flexibility index (Phi) is 3.88. The molecular weight excluding hydrogens is 152 g/mol. The van der Waals surface area contributed by atoms with Gasteiger partial charge in [0.1, 0.15) is 5.76 Å². The summed E-state index contributed by atoms with van der Waals surface area (Å²) in [6, 6.07) is 3.91. The summed E-state index contributed by atoms with van der Waals surface area (Å²) in [5.74, 6) is 1.64. The van der Waals surface area contributed by atoms with Gasteiger partial charge in [-0.1, -0.05) is 6.92 Å². The maximum Gasteiger partial charge on any atom is 0.104 e. The fraction of sp³-hybridized carbons (Fsp3) is 0.600. The summed E-state index contributed by atoms with van der Waals surface area (Å²) in [4.78, 5) is 0. The van der Waals surface area contributed by atoms with E-state index < -0.39 is 0 Å². The lowest BCUT2D eigenvalue weighted by atomic mass is 10.0. The Morgan fingerprint density at radius 2 is 2.42 bits per heavy atom. The van der Waals surface area contributed by atoms with E-state index >= 15 is 0 Å². The van der Waals surface area contributed by atoms with Crippen molar-refractivity contribution < 1.29 is 9.52 Å². The topological polar surface area (TPSA) is 33.4 Å². The molecule has 2 nitrogen and oxygen atoms in total. The van der Waals surface area contributed by atoms with Gasteiger partial charge < -0.3 is 9.52 Å². The van der Waals surface area contributed by atoms with Crippen LogP contribution >= 0.6 is 0 Å². The monoisotopic (exact) mass is 168 g/mol. The quantitative estimate of drug-likeness (QED) is 0.731. The van der Waals surface area contributed by atoms with Crippen molar-refractivity contribution in [3.8, 4) is 0 Å². The van der Waals surface area contributed by atoms with Crippen LogP contribution in [0, 0.1) is 5.92 Å². The lowest BCUT2D eigenvalue weighted by Crippen LogP contribution is -1.99. The molecule has 0 aliphatic rings. The second kappa shape index (κ2) is 4.99. The van der Waals surface area contributed by atoms with Crippen LogP contribution in [0.15, 0.2) is 22.8 Å². The third-order valence-electron chi connectivity index (χ3n) is 1.98. The Morgan fingerprint density at radius 1 is 1.58 bits per heavy atom. The molecule has 0 fully saturated rings. The summed E-state index contributed by atoms with van der Waals surface area (Å²) in [6.07, 6.45) is 4.64. The fourth-order valence-electron chi connectivity index (χ4n) is 1.31. The van der Waals surface area contributed by atoms with E-state index in [0.29, 0.717) is 12.5 Å². The minimum atomic E-state index is 0.294. The van der Waals surface area contributed by atoms with Crippen LogP contribution in [0.1, 0.15) is 25.5 Å². The highest BCUT2D eigenvalue weighted by atomic mass is 16.3. The first-order valence-electron chi connectivity index (χ1n) is 4.46. The number of hydrogen-bond acceptors (Lipinski definition) is 2. The Bertz CT molecular complexity index is 192. The van der Waals surface area contributed by atoms with Gasteiger partial charge in [-0.3, -0.25) is 0 Å². The van der Waals surface area contributed by atoms with Gasteiger partial charge in [-0.15, -0.1) is 0 Å². The Balaban J connectivity index is 2.22. The molecule has 68 valence electrons. The average molecular weight is 168 g/mol.